The molecule has 3 atom stereocenters. The van der Waals surface area contributed by atoms with Crippen molar-refractivity contribution in [2.75, 3.05) is 20.3 Å². The highest BCUT2D eigenvalue weighted by atomic mass is 16.5. The van der Waals surface area contributed by atoms with Gasteiger partial charge < -0.3 is 15.0 Å². The summed E-state index contributed by atoms with van der Waals surface area (Å²) in [5.41, 5.74) is 1.07. The maximum atomic E-state index is 12.2. The van der Waals surface area contributed by atoms with Gasteiger partial charge in [0.2, 0.25) is 0 Å². The van der Waals surface area contributed by atoms with Crippen molar-refractivity contribution in [3.8, 4) is 0 Å². The Balaban J connectivity index is 1.95. The van der Waals surface area contributed by atoms with Gasteiger partial charge in [-0.3, -0.25) is 4.98 Å². The first-order chi connectivity index (χ1) is 9.09. The van der Waals surface area contributed by atoms with E-state index in [1.807, 2.05) is 19.1 Å². The third-order valence-electron chi connectivity index (χ3n) is 3.76. The Hall–Kier alpha value is -1.62. The fourth-order valence-electron chi connectivity index (χ4n) is 2.15. The molecule has 2 heterocycles. The first-order valence-electron chi connectivity index (χ1n) is 6.60. The van der Waals surface area contributed by atoms with E-state index < -0.39 is 0 Å². The quantitative estimate of drug-likeness (QED) is 0.905. The van der Waals surface area contributed by atoms with Gasteiger partial charge in [-0.15, -0.1) is 0 Å². The van der Waals surface area contributed by atoms with Gasteiger partial charge in [0.25, 0.3) is 0 Å². The normalized spacial score (nSPS) is 23.9. The molecule has 5 heteroatoms. The van der Waals surface area contributed by atoms with Gasteiger partial charge in [0.05, 0.1) is 25.3 Å². The predicted octanol–water partition coefficient (Wildman–Crippen LogP) is 1.82. The Bertz CT molecular complexity index is 424. The van der Waals surface area contributed by atoms with E-state index in [1.54, 1.807) is 24.3 Å². The predicted molar refractivity (Wildman–Crippen MR) is 72.7 cm³/mol. The summed E-state index contributed by atoms with van der Waals surface area (Å²) in [7, 11) is 1.81. The zero-order chi connectivity index (χ0) is 13.8. The number of rotatable bonds is 3. The van der Waals surface area contributed by atoms with Gasteiger partial charge in [-0.1, -0.05) is 6.92 Å². The molecule has 0 bridgehead atoms. The molecule has 0 aliphatic carbocycles. The van der Waals surface area contributed by atoms with Crippen LogP contribution in [-0.4, -0.2) is 42.2 Å². The van der Waals surface area contributed by atoms with Crippen LogP contribution in [0.4, 0.5) is 4.79 Å². The molecule has 1 N–H and O–H groups in total. The lowest BCUT2D eigenvalue weighted by Crippen LogP contribution is -2.46. The lowest BCUT2D eigenvalue weighted by Gasteiger charge is -2.27. The van der Waals surface area contributed by atoms with Gasteiger partial charge in [-0.25, -0.2) is 4.79 Å². The van der Waals surface area contributed by atoms with Gasteiger partial charge in [0, 0.05) is 25.4 Å². The lowest BCUT2D eigenvalue weighted by molar-refractivity contribution is 0.175. The van der Waals surface area contributed by atoms with E-state index in [9.17, 15) is 4.79 Å². The zero-order valence-electron chi connectivity index (χ0n) is 11.7. The summed E-state index contributed by atoms with van der Waals surface area (Å²) in [6.45, 7) is 5.41. The van der Waals surface area contributed by atoms with Gasteiger partial charge in [-0.2, -0.15) is 0 Å². The van der Waals surface area contributed by atoms with Crippen LogP contribution in [0.2, 0.25) is 0 Å². The highest BCUT2D eigenvalue weighted by Crippen LogP contribution is 2.18. The minimum Gasteiger partial charge on any atom is -0.379 e. The van der Waals surface area contributed by atoms with E-state index in [0.717, 1.165) is 5.56 Å². The number of nitrogens with one attached hydrogen (secondary N) is 1. The maximum Gasteiger partial charge on any atom is 0.317 e. The van der Waals surface area contributed by atoms with E-state index in [4.69, 9.17) is 4.74 Å². The average molecular weight is 263 g/mol. The van der Waals surface area contributed by atoms with Crippen molar-refractivity contribution in [2.24, 2.45) is 5.92 Å². The third-order valence-corrected chi connectivity index (χ3v) is 3.76. The summed E-state index contributed by atoms with van der Waals surface area (Å²) in [5.74, 6) is 0.369. The zero-order valence-corrected chi connectivity index (χ0v) is 11.7. The molecule has 0 spiro atoms. The van der Waals surface area contributed by atoms with E-state index in [1.165, 1.54) is 0 Å². The van der Waals surface area contributed by atoms with E-state index in [-0.39, 0.29) is 18.1 Å². The van der Waals surface area contributed by atoms with Crippen LogP contribution in [0, 0.1) is 5.92 Å². The largest absolute Gasteiger partial charge is 0.379 e. The van der Waals surface area contributed by atoms with E-state index in [2.05, 4.69) is 17.2 Å². The van der Waals surface area contributed by atoms with Crippen LogP contribution in [0.3, 0.4) is 0 Å². The van der Waals surface area contributed by atoms with Gasteiger partial charge in [0.1, 0.15) is 0 Å². The molecule has 2 amide bonds. The number of pyridine rings is 1. The van der Waals surface area contributed by atoms with Crippen LogP contribution in [0.25, 0.3) is 0 Å². The number of aromatic nitrogens is 1. The molecule has 1 aliphatic rings. The Morgan fingerprint density at radius 1 is 1.47 bits per heavy atom. The molecular weight excluding hydrogens is 242 g/mol. The maximum absolute atomic E-state index is 12.2. The summed E-state index contributed by atoms with van der Waals surface area (Å²) in [6, 6.07) is 3.91. The molecule has 1 aromatic heterocycles. The molecule has 104 valence electrons. The van der Waals surface area contributed by atoms with Crippen molar-refractivity contribution in [2.45, 2.75) is 25.9 Å². The lowest BCUT2D eigenvalue weighted by atomic mass is 10.1. The minimum absolute atomic E-state index is 0.0145. The standard InChI is InChI=1S/C14H21N3O2/c1-10-8-19-9-13(10)16-14(18)17(3)11(2)12-4-6-15-7-5-12/h4-7,10-11,13H,8-9H2,1-3H3,(H,16,18)/t10-,11+,13+/m1/s1. The molecule has 1 saturated heterocycles. The minimum atomic E-state index is -0.0633. The number of hydrogen-bond donors (Lipinski definition) is 1. The number of nitrogens with zero attached hydrogens (tertiary/aromatic N) is 2. The summed E-state index contributed by atoms with van der Waals surface area (Å²) in [6.07, 6.45) is 3.48. The fraction of sp³-hybridized carbons (Fsp3) is 0.571. The molecule has 1 aromatic rings. The number of carbonyl (C=O) groups is 1. The molecule has 0 unspecified atom stereocenters. The van der Waals surface area contributed by atoms with Crippen LogP contribution in [-0.2, 0) is 4.74 Å². The Labute approximate surface area is 114 Å². The molecule has 19 heavy (non-hydrogen) atoms. The second-order valence-corrected chi connectivity index (χ2v) is 5.14. The number of ether oxygens (including phenoxy) is 1. The number of urea groups is 1. The summed E-state index contributed by atoms with van der Waals surface area (Å²) < 4.78 is 5.35. The van der Waals surface area contributed by atoms with Crippen molar-refractivity contribution in [1.82, 2.24) is 15.2 Å². The smallest absolute Gasteiger partial charge is 0.317 e. The fourth-order valence-corrected chi connectivity index (χ4v) is 2.15. The van der Waals surface area contributed by atoms with Crippen molar-refractivity contribution < 1.29 is 9.53 Å². The van der Waals surface area contributed by atoms with Crippen LogP contribution < -0.4 is 5.32 Å². The molecule has 2 rings (SSSR count). The van der Waals surface area contributed by atoms with Crippen LogP contribution in [0.5, 0.6) is 0 Å². The van der Waals surface area contributed by atoms with E-state index in [0.29, 0.717) is 19.1 Å². The van der Waals surface area contributed by atoms with Gasteiger partial charge in [-0.05, 0) is 24.6 Å². The second kappa shape index (κ2) is 6.02. The monoisotopic (exact) mass is 263 g/mol. The molecule has 0 saturated carbocycles. The van der Waals surface area contributed by atoms with Crippen LogP contribution in [0.15, 0.2) is 24.5 Å². The average Bonchev–Trinajstić information content (AvgIpc) is 2.83. The third kappa shape index (κ3) is 3.23. The summed E-state index contributed by atoms with van der Waals surface area (Å²) in [5, 5.41) is 3.03. The van der Waals surface area contributed by atoms with Crippen molar-refractivity contribution in [3.05, 3.63) is 30.1 Å². The van der Waals surface area contributed by atoms with Crippen LogP contribution in [0.1, 0.15) is 25.5 Å². The van der Waals surface area contributed by atoms with E-state index >= 15 is 0 Å². The highest BCUT2D eigenvalue weighted by Gasteiger charge is 2.27. The van der Waals surface area contributed by atoms with Gasteiger partial charge >= 0.3 is 6.03 Å². The summed E-state index contributed by atoms with van der Waals surface area (Å²) >= 11 is 0. The first-order valence-corrected chi connectivity index (χ1v) is 6.60. The molecule has 0 radical (unpaired) electrons. The van der Waals surface area contributed by atoms with Crippen molar-refractivity contribution in [3.63, 3.8) is 0 Å². The Morgan fingerprint density at radius 3 is 2.74 bits per heavy atom. The SMILES string of the molecule is C[C@@H]1COC[C@@H]1NC(=O)N(C)[C@@H](C)c1ccncc1. The Morgan fingerprint density at radius 2 is 2.16 bits per heavy atom. The Kier molecular flexibility index (Phi) is 4.37. The first kappa shape index (κ1) is 13.8. The molecule has 5 nitrogen and oxygen atoms in total. The molecule has 1 fully saturated rings. The van der Waals surface area contributed by atoms with Crippen LogP contribution >= 0.6 is 0 Å². The molecule has 1 aliphatic heterocycles. The van der Waals surface area contributed by atoms with Crippen molar-refractivity contribution >= 4 is 6.03 Å². The number of hydrogen-bond acceptors (Lipinski definition) is 3. The topological polar surface area (TPSA) is 54.5 Å². The molecule has 0 aromatic carbocycles. The van der Waals surface area contributed by atoms with Gasteiger partial charge in [0.15, 0.2) is 0 Å². The molecular formula is C14H21N3O2. The number of carbonyl (C=O) groups excluding carboxylic acids is 1. The van der Waals surface area contributed by atoms with Crippen molar-refractivity contribution in [1.29, 1.82) is 0 Å². The summed E-state index contributed by atoms with van der Waals surface area (Å²) in [4.78, 5) is 17.9. The number of amides is 2. The highest BCUT2D eigenvalue weighted by molar-refractivity contribution is 5.74. The second-order valence-electron chi connectivity index (χ2n) is 5.14.